The van der Waals surface area contributed by atoms with Crippen LogP contribution in [0.25, 0.3) is 16.8 Å². The number of pyridine rings is 1. The molecule has 0 radical (unpaired) electrons. The second-order valence-corrected chi connectivity index (χ2v) is 9.25. The third-order valence-electron chi connectivity index (χ3n) is 6.91. The van der Waals surface area contributed by atoms with Crippen molar-refractivity contribution in [1.82, 2.24) is 24.7 Å². The highest BCUT2D eigenvalue weighted by molar-refractivity contribution is 6.01. The Hall–Kier alpha value is -3.19. The number of benzene rings is 1. The van der Waals surface area contributed by atoms with Crippen LogP contribution in [0.2, 0.25) is 0 Å². The maximum absolute atomic E-state index is 13.0. The second kappa shape index (κ2) is 9.35. The van der Waals surface area contributed by atoms with Crippen molar-refractivity contribution in [2.45, 2.75) is 38.1 Å². The van der Waals surface area contributed by atoms with Gasteiger partial charge >= 0.3 is 0 Å². The average Bonchev–Trinajstić information content (AvgIpc) is 3.30. The predicted octanol–water partition coefficient (Wildman–Crippen LogP) is 3.45. The van der Waals surface area contributed by atoms with E-state index < -0.39 is 0 Å². The maximum atomic E-state index is 13.0. The monoisotopic (exact) mass is 445 g/mol. The van der Waals surface area contributed by atoms with Crippen LogP contribution in [0, 0.1) is 0 Å². The highest BCUT2D eigenvalue weighted by Gasteiger charge is 2.22. The van der Waals surface area contributed by atoms with Gasteiger partial charge in [0.2, 0.25) is 0 Å². The zero-order chi connectivity index (χ0) is 22.8. The lowest BCUT2D eigenvalue weighted by Gasteiger charge is -2.29. The first-order chi connectivity index (χ1) is 16.1. The zero-order valence-electron chi connectivity index (χ0n) is 19.2. The quantitative estimate of drug-likeness (QED) is 0.668. The number of piperidine rings is 2. The van der Waals surface area contributed by atoms with E-state index in [1.54, 1.807) is 6.20 Å². The van der Waals surface area contributed by atoms with E-state index in [0.717, 1.165) is 68.6 Å². The van der Waals surface area contributed by atoms with Crippen molar-refractivity contribution in [2.75, 3.05) is 33.2 Å². The molecule has 0 aliphatic carbocycles. The van der Waals surface area contributed by atoms with Crippen LogP contribution in [0.3, 0.4) is 0 Å². The molecule has 2 fully saturated rings. The third kappa shape index (κ3) is 4.50. The number of hydrogen-bond donors (Lipinski definition) is 1. The van der Waals surface area contributed by atoms with Crippen LogP contribution in [0.5, 0.6) is 0 Å². The second-order valence-electron chi connectivity index (χ2n) is 9.25. The predicted molar refractivity (Wildman–Crippen MR) is 128 cm³/mol. The smallest absolute Gasteiger partial charge is 0.257 e. The molecule has 172 valence electrons. The molecule has 0 spiro atoms. The van der Waals surface area contributed by atoms with Gasteiger partial charge in [0, 0.05) is 30.3 Å². The van der Waals surface area contributed by atoms with E-state index in [1.165, 1.54) is 6.42 Å². The minimum absolute atomic E-state index is 0.0252. The summed E-state index contributed by atoms with van der Waals surface area (Å²) in [5.74, 6) is 0.0330. The lowest BCUT2D eigenvalue weighted by atomic mass is 10.0. The van der Waals surface area contributed by atoms with Gasteiger partial charge < -0.3 is 15.1 Å². The van der Waals surface area contributed by atoms with Crippen molar-refractivity contribution < 1.29 is 9.59 Å². The molecule has 33 heavy (non-hydrogen) atoms. The molecule has 2 aliphatic rings. The van der Waals surface area contributed by atoms with E-state index in [-0.39, 0.29) is 17.9 Å². The third-order valence-corrected chi connectivity index (χ3v) is 6.91. The van der Waals surface area contributed by atoms with Crippen LogP contribution >= 0.6 is 0 Å². The summed E-state index contributed by atoms with van der Waals surface area (Å²) in [6.07, 6.45) is 6.97. The molecule has 1 aromatic carbocycles. The number of likely N-dealkylation sites (tertiary alicyclic amines) is 2. The Kier molecular flexibility index (Phi) is 6.13. The van der Waals surface area contributed by atoms with Crippen molar-refractivity contribution in [3.05, 3.63) is 59.8 Å². The average molecular weight is 446 g/mol. The van der Waals surface area contributed by atoms with Crippen molar-refractivity contribution >= 4 is 17.3 Å². The largest absolute Gasteiger partial charge is 0.349 e. The fraction of sp³-hybridized carbons (Fsp3) is 0.423. The molecule has 7 nitrogen and oxygen atoms in total. The minimum atomic E-state index is -0.0252. The molecule has 2 saturated heterocycles. The molecule has 7 heteroatoms. The molecule has 0 atom stereocenters. The van der Waals surface area contributed by atoms with Crippen LogP contribution in [0.4, 0.5) is 0 Å². The van der Waals surface area contributed by atoms with Crippen molar-refractivity contribution in [3.8, 4) is 11.3 Å². The van der Waals surface area contributed by atoms with Gasteiger partial charge in [-0.25, -0.2) is 4.52 Å². The molecule has 3 aromatic rings. The summed E-state index contributed by atoms with van der Waals surface area (Å²) >= 11 is 0. The van der Waals surface area contributed by atoms with Gasteiger partial charge in [-0.05, 0) is 76.5 Å². The van der Waals surface area contributed by atoms with Gasteiger partial charge in [-0.2, -0.15) is 5.10 Å². The van der Waals surface area contributed by atoms with Gasteiger partial charge in [0.05, 0.1) is 23.0 Å². The Bertz CT molecular complexity index is 1140. The number of hydrogen-bond acceptors (Lipinski definition) is 4. The summed E-state index contributed by atoms with van der Waals surface area (Å²) in [7, 11) is 2.11. The van der Waals surface area contributed by atoms with Crippen molar-refractivity contribution in [2.24, 2.45) is 0 Å². The fourth-order valence-corrected chi connectivity index (χ4v) is 4.88. The highest BCUT2D eigenvalue weighted by Crippen LogP contribution is 2.24. The van der Waals surface area contributed by atoms with Gasteiger partial charge in [-0.3, -0.25) is 9.59 Å². The summed E-state index contributed by atoms with van der Waals surface area (Å²) in [4.78, 5) is 30.0. The first-order valence-corrected chi connectivity index (χ1v) is 12.0. The Balaban J connectivity index is 1.34. The van der Waals surface area contributed by atoms with Gasteiger partial charge in [0.25, 0.3) is 11.8 Å². The van der Waals surface area contributed by atoms with Crippen LogP contribution in [0.15, 0.2) is 48.7 Å². The van der Waals surface area contributed by atoms with E-state index in [2.05, 4.69) is 22.4 Å². The summed E-state index contributed by atoms with van der Waals surface area (Å²) in [6, 6.07) is 13.8. The molecule has 2 aliphatic heterocycles. The Morgan fingerprint density at radius 1 is 0.939 bits per heavy atom. The normalized spacial score (nSPS) is 17.9. The minimum Gasteiger partial charge on any atom is -0.349 e. The number of rotatable bonds is 4. The number of nitrogens with one attached hydrogen (secondary N) is 1. The standard InChI is InChI=1S/C26H31N5O2/c1-29-16-12-21(13-17-29)28-25(32)20-10-8-19(9-11-20)23-6-5-7-24-22(18-27-31(23)24)26(33)30-14-3-2-4-15-30/h5-11,18,21H,2-4,12-17H2,1H3,(H,28,32). The van der Waals surface area contributed by atoms with Crippen LogP contribution in [-0.2, 0) is 0 Å². The number of aromatic nitrogens is 2. The summed E-state index contributed by atoms with van der Waals surface area (Å²) in [6.45, 7) is 3.66. The lowest BCUT2D eigenvalue weighted by molar-refractivity contribution is 0.0726. The molecular weight excluding hydrogens is 414 g/mol. The van der Waals surface area contributed by atoms with E-state index in [0.29, 0.717) is 11.1 Å². The molecule has 2 amide bonds. The molecule has 5 rings (SSSR count). The zero-order valence-corrected chi connectivity index (χ0v) is 19.2. The fourth-order valence-electron chi connectivity index (χ4n) is 4.88. The SMILES string of the molecule is CN1CCC(NC(=O)c2ccc(-c3cccc4c(C(=O)N5CCCCC5)cnn34)cc2)CC1. The number of amides is 2. The van der Waals surface area contributed by atoms with Crippen LogP contribution in [0.1, 0.15) is 52.8 Å². The molecule has 0 bridgehead atoms. The number of nitrogens with zero attached hydrogens (tertiary/aromatic N) is 4. The van der Waals surface area contributed by atoms with Gasteiger partial charge in [-0.15, -0.1) is 0 Å². The molecular formula is C26H31N5O2. The first-order valence-electron chi connectivity index (χ1n) is 12.0. The van der Waals surface area contributed by atoms with Crippen LogP contribution < -0.4 is 5.32 Å². The lowest BCUT2D eigenvalue weighted by Crippen LogP contribution is -2.43. The molecule has 4 heterocycles. The Labute approximate surface area is 194 Å². The van der Waals surface area contributed by atoms with E-state index in [1.807, 2.05) is 51.9 Å². The topological polar surface area (TPSA) is 70.0 Å². The molecule has 1 N–H and O–H groups in total. The first kappa shape index (κ1) is 21.6. The molecule has 0 saturated carbocycles. The number of fused-ring (bicyclic) bond motifs is 1. The van der Waals surface area contributed by atoms with Crippen LogP contribution in [-0.4, -0.2) is 70.5 Å². The van der Waals surface area contributed by atoms with Crippen molar-refractivity contribution in [3.63, 3.8) is 0 Å². The van der Waals surface area contributed by atoms with Gasteiger partial charge in [0.1, 0.15) is 0 Å². The molecule has 0 unspecified atom stereocenters. The van der Waals surface area contributed by atoms with E-state index in [4.69, 9.17) is 0 Å². The Morgan fingerprint density at radius 3 is 2.39 bits per heavy atom. The molecule has 2 aromatic heterocycles. The summed E-state index contributed by atoms with van der Waals surface area (Å²) in [5.41, 5.74) is 3.97. The van der Waals surface area contributed by atoms with Gasteiger partial charge in [-0.1, -0.05) is 18.2 Å². The van der Waals surface area contributed by atoms with Gasteiger partial charge in [0.15, 0.2) is 0 Å². The summed E-state index contributed by atoms with van der Waals surface area (Å²) < 4.78 is 1.82. The summed E-state index contributed by atoms with van der Waals surface area (Å²) in [5, 5.41) is 7.70. The van der Waals surface area contributed by atoms with E-state index >= 15 is 0 Å². The van der Waals surface area contributed by atoms with E-state index in [9.17, 15) is 9.59 Å². The maximum Gasteiger partial charge on any atom is 0.257 e. The number of carbonyl (C=O) groups excluding carboxylic acids is 2. The van der Waals surface area contributed by atoms with Crippen molar-refractivity contribution in [1.29, 1.82) is 0 Å². The number of carbonyl (C=O) groups is 2. The Morgan fingerprint density at radius 2 is 1.67 bits per heavy atom. The highest BCUT2D eigenvalue weighted by atomic mass is 16.2.